The van der Waals surface area contributed by atoms with Crippen molar-refractivity contribution in [2.75, 3.05) is 25.0 Å². The molecule has 0 radical (unpaired) electrons. The molecule has 0 bridgehead atoms. The van der Waals surface area contributed by atoms with Crippen LogP contribution >= 0.6 is 0 Å². The predicted molar refractivity (Wildman–Crippen MR) is 78.2 cm³/mol. The number of anilines is 1. The van der Waals surface area contributed by atoms with Crippen LogP contribution in [0.3, 0.4) is 0 Å². The summed E-state index contributed by atoms with van der Waals surface area (Å²) in [6, 6.07) is 4.38. The molecule has 0 unspecified atom stereocenters. The molecule has 1 saturated heterocycles. The number of nitrogens with one attached hydrogen (secondary N) is 1. The Morgan fingerprint density at radius 2 is 2.14 bits per heavy atom. The predicted octanol–water partition coefficient (Wildman–Crippen LogP) is 2.83. The third-order valence-corrected chi connectivity index (χ3v) is 3.82. The summed E-state index contributed by atoms with van der Waals surface area (Å²) >= 11 is 0. The number of piperidine rings is 1. The standard InChI is InChI=1S/C15H20F2N2O3/c1-10-2-3-12(8-13(10)22-14(16)17)18-15(21)19-6-4-11(9-20)5-7-19/h2-3,8,11,14,20H,4-7,9H2,1H3,(H,18,21). The van der Waals surface area contributed by atoms with E-state index in [-0.39, 0.29) is 24.3 Å². The highest BCUT2D eigenvalue weighted by Crippen LogP contribution is 2.25. The van der Waals surface area contributed by atoms with Gasteiger partial charge in [-0.05, 0) is 37.3 Å². The summed E-state index contributed by atoms with van der Waals surface area (Å²) in [4.78, 5) is 13.8. The maximum atomic E-state index is 12.3. The molecule has 1 aromatic rings. The van der Waals surface area contributed by atoms with Gasteiger partial charge >= 0.3 is 12.6 Å². The number of halogens is 2. The van der Waals surface area contributed by atoms with Crippen molar-refractivity contribution in [3.63, 3.8) is 0 Å². The van der Waals surface area contributed by atoms with Gasteiger partial charge in [0.15, 0.2) is 0 Å². The van der Waals surface area contributed by atoms with Gasteiger partial charge in [0.05, 0.1) is 0 Å². The first-order valence-corrected chi connectivity index (χ1v) is 7.22. The van der Waals surface area contributed by atoms with Gasteiger partial charge in [-0.15, -0.1) is 0 Å². The van der Waals surface area contributed by atoms with Crippen LogP contribution < -0.4 is 10.1 Å². The molecule has 0 spiro atoms. The van der Waals surface area contributed by atoms with Gasteiger partial charge in [0.1, 0.15) is 5.75 Å². The van der Waals surface area contributed by atoms with Crippen LogP contribution in [0.1, 0.15) is 18.4 Å². The molecule has 2 amide bonds. The highest BCUT2D eigenvalue weighted by atomic mass is 19.3. The molecule has 1 aliphatic heterocycles. The number of nitrogens with zero attached hydrogens (tertiary/aromatic N) is 1. The molecule has 2 N–H and O–H groups in total. The zero-order chi connectivity index (χ0) is 16.1. The van der Waals surface area contributed by atoms with Gasteiger partial charge in [0, 0.05) is 31.5 Å². The van der Waals surface area contributed by atoms with E-state index in [0.29, 0.717) is 24.3 Å². The van der Waals surface area contributed by atoms with Gasteiger partial charge in [-0.25, -0.2) is 4.79 Å². The average Bonchev–Trinajstić information content (AvgIpc) is 2.50. The third kappa shape index (κ3) is 4.30. The van der Waals surface area contributed by atoms with E-state index < -0.39 is 6.61 Å². The van der Waals surface area contributed by atoms with Crippen molar-refractivity contribution in [3.8, 4) is 5.75 Å². The molecule has 1 aromatic carbocycles. The van der Waals surface area contributed by atoms with Crippen molar-refractivity contribution in [2.45, 2.75) is 26.4 Å². The molecular formula is C15H20F2N2O3. The maximum Gasteiger partial charge on any atom is 0.387 e. The first-order valence-electron chi connectivity index (χ1n) is 7.22. The van der Waals surface area contributed by atoms with Crippen LogP contribution in [0.15, 0.2) is 18.2 Å². The first kappa shape index (κ1) is 16.5. The number of aliphatic hydroxyl groups is 1. The van der Waals surface area contributed by atoms with Crippen molar-refractivity contribution in [2.24, 2.45) is 5.92 Å². The van der Waals surface area contributed by atoms with Crippen LogP contribution in [0.2, 0.25) is 0 Å². The highest BCUT2D eigenvalue weighted by Gasteiger charge is 2.22. The number of urea groups is 1. The van der Waals surface area contributed by atoms with E-state index in [2.05, 4.69) is 10.1 Å². The Balaban J connectivity index is 1.97. The Morgan fingerprint density at radius 1 is 1.45 bits per heavy atom. The van der Waals surface area contributed by atoms with E-state index in [1.807, 2.05) is 0 Å². The average molecular weight is 314 g/mol. The van der Waals surface area contributed by atoms with Crippen LogP contribution in [0.25, 0.3) is 0 Å². The second-order valence-corrected chi connectivity index (χ2v) is 5.40. The van der Waals surface area contributed by atoms with Gasteiger partial charge in [-0.2, -0.15) is 8.78 Å². The van der Waals surface area contributed by atoms with Crippen molar-refractivity contribution >= 4 is 11.7 Å². The summed E-state index contributed by atoms with van der Waals surface area (Å²) in [5.41, 5.74) is 0.984. The maximum absolute atomic E-state index is 12.3. The molecule has 5 nitrogen and oxygen atoms in total. The lowest BCUT2D eigenvalue weighted by Crippen LogP contribution is -2.41. The van der Waals surface area contributed by atoms with E-state index in [0.717, 1.165) is 12.8 Å². The Bertz CT molecular complexity index is 518. The molecule has 122 valence electrons. The molecule has 7 heteroatoms. The summed E-state index contributed by atoms with van der Waals surface area (Å²) < 4.78 is 29.1. The second-order valence-electron chi connectivity index (χ2n) is 5.40. The molecular weight excluding hydrogens is 294 g/mol. The van der Waals surface area contributed by atoms with Crippen LogP contribution in [0.5, 0.6) is 5.75 Å². The minimum atomic E-state index is -2.90. The fourth-order valence-corrected chi connectivity index (χ4v) is 2.42. The molecule has 0 atom stereocenters. The lowest BCUT2D eigenvalue weighted by molar-refractivity contribution is -0.0502. The lowest BCUT2D eigenvalue weighted by atomic mass is 9.98. The number of carbonyl (C=O) groups excluding carboxylic acids is 1. The number of carbonyl (C=O) groups is 1. The summed E-state index contributed by atoms with van der Waals surface area (Å²) in [5, 5.41) is 11.8. The molecule has 0 aliphatic carbocycles. The number of ether oxygens (including phenoxy) is 1. The van der Waals surface area contributed by atoms with Crippen LogP contribution in [0.4, 0.5) is 19.3 Å². The molecule has 1 aliphatic rings. The molecule has 22 heavy (non-hydrogen) atoms. The number of aliphatic hydroxyl groups excluding tert-OH is 1. The number of amides is 2. The van der Waals surface area contributed by atoms with Crippen molar-refractivity contribution in [3.05, 3.63) is 23.8 Å². The first-order chi connectivity index (χ1) is 10.5. The number of likely N-dealkylation sites (tertiary alicyclic amines) is 1. The zero-order valence-electron chi connectivity index (χ0n) is 12.4. The Hall–Kier alpha value is -1.89. The van der Waals surface area contributed by atoms with Crippen LogP contribution in [-0.4, -0.2) is 42.3 Å². The molecule has 0 saturated carbocycles. The summed E-state index contributed by atoms with van der Waals surface area (Å²) in [7, 11) is 0. The topological polar surface area (TPSA) is 61.8 Å². The van der Waals surface area contributed by atoms with E-state index in [4.69, 9.17) is 5.11 Å². The van der Waals surface area contributed by atoms with Crippen molar-refractivity contribution in [1.82, 2.24) is 4.90 Å². The van der Waals surface area contributed by atoms with E-state index in [9.17, 15) is 13.6 Å². The highest BCUT2D eigenvalue weighted by molar-refractivity contribution is 5.89. The van der Waals surface area contributed by atoms with E-state index >= 15 is 0 Å². The quantitative estimate of drug-likeness (QED) is 0.898. The van der Waals surface area contributed by atoms with Crippen LogP contribution in [-0.2, 0) is 0 Å². The normalized spacial score (nSPS) is 16.0. The number of hydrogen-bond acceptors (Lipinski definition) is 3. The Morgan fingerprint density at radius 3 is 2.73 bits per heavy atom. The molecule has 2 rings (SSSR count). The zero-order valence-corrected chi connectivity index (χ0v) is 12.4. The number of benzene rings is 1. The van der Waals surface area contributed by atoms with Crippen LogP contribution in [0, 0.1) is 12.8 Å². The number of alkyl halides is 2. The van der Waals surface area contributed by atoms with Gasteiger partial charge in [-0.1, -0.05) is 6.07 Å². The van der Waals surface area contributed by atoms with Gasteiger partial charge in [-0.3, -0.25) is 0 Å². The van der Waals surface area contributed by atoms with Gasteiger partial charge < -0.3 is 20.1 Å². The molecule has 0 aromatic heterocycles. The Kier molecular flexibility index (Phi) is 5.54. The number of hydrogen-bond donors (Lipinski definition) is 2. The fourth-order valence-electron chi connectivity index (χ4n) is 2.42. The SMILES string of the molecule is Cc1ccc(NC(=O)N2CCC(CO)CC2)cc1OC(F)F. The number of rotatable bonds is 4. The Labute approximate surface area is 127 Å². The lowest BCUT2D eigenvalue weighted by Gasteiger charge is -2.31. The summed E-state index contributed by atoms with van der Waals surface area (Å²) in [6.07, 6.45) is 1.52. The second kappa shape index (κ2) is 7.40. The minimum absolute atomic E-state index is 0.0480. The van der Waals surface area contributed by atoms with Crippen molar-refractivity contribution in [1.29, 1.82) is 0 Å². The minimum Gasteiger partial charge on any atom is -0.434 e. The summed E-state index contributed by atoms with van der Waals surface area (Å²) in [5.74, 6) is 0.293. The number of aryl methyl sites for hydroxylation is 1. The molecule has 1 fully saturated rings. The monoisotopic (exact) mass is 314 g/mol. The largest absolute Gasteiger partial charge is 0.434 e. The van der Waals surface area contributed by atoms with Crippen molar-refractivity contribution < 1.29 is 23.4 Å². The van der Waals surface area contributed by atoms with E-state index in [1.165, 1.54) is 6.07 Å². The molecule has 1 heterocycles. The summed E-state index contributed by atoms with van der Waals surface area (Å²) in [6.45, 7) is 0.0410. The third-order valence-electron chi connectivity index (χ3n) is 3.82. The van der Waals surface area contributed by atoms with E-state index in [1.54, 1.807) is 24.0 Å². The van der Waals surface area contributed by atoms with Gasteiger partial charge in [0.2, 0.25) is 0 Å². The smallest absolute Gasteiger partial charge is 0.387 e. The van der Waals surface area contributed by atoms with Gasteiger partial charge in [0.25, 0.3) is 0 Å². The fraction of sp³-hybridized carbons (Fsp3) is 0.533.